The molecule has 2 aromatic heterocycles. The number of rotatable bonds is 5. The van der Waals surface area contributed by atoms with E-state index in [1.54, 1.807) is 24.5 Å². The maximum Gasteiger partial charge on any atom is 0.229 e. The fourth-order valence-corrected chi connectivity index (χ4v) is 4.25. The molecule has 0 unspecified atom stereocenters. The Kier molecular flexibility index (Phi) is 5.59. The first-order valence-corrected chi connectivity index (χ1v) is 11.0. The molecule has 0 aliphatic carbocycles. The van der Waals surface area contributed by atoms with Crippen LogP contribution in [0.3, 0.4) is 0 Å². The van der Waals surface area contributed by atoms with Gasteiger partial charge in [0.1, 0.15) is 5.76 Å². The summed E-state index contributed by atoms with van der Waals surface area (Å²) in [5, 5.41) is 0. The Labute approximate surface area is 181 Å². The zero-order chi connectivity index (χ0) is 21.2. The van der Waals surface area contributed by atoms with E-state index in [0.717, 1.165) is 61.8 Å². The van der Waals surface area contributed by atoms with Crippen LogP contribution in [0, 0.1) is 11.7 Å². The third-order valence-corrected chi connectivity index (χ3v) is 6.16. The first-order valence-electron chi connectivity index (χ1n) is 11.0. The molecule has 5 rings (SSSR count). The van der Waals surface area contributed by atoms with Gasteiger partial charge in [-0.15, -0.1) is 0 Å². The highest BCUT2D eigenvalue weighted by Gasteiger charge is 2.27. The van der Waals surface area contributed by atoms with Crippen LogP contribution in [0.15, 0.2) is 47.1 Å². The van der Waals surface area contributed by atoms with Gasteiger partial charge in [0.05, 0.1) is 24.1 Å². The van der Waals surface area contributed by atoms with Gasteiger partial charge in [0.15, 0.2) is 11.6 Å². The number of aromatic nitrogens is 2. The molecule has 0 spiro atoms. The molecule has 0 bridgehead atoms. The molecule has 1 aromatic carbocycles. The molecule has 4 heterocycles. The van der Waals surface area contributed by atoms with Crippen molar-refractivity contribution in [2.24, 2.45) is 5.92 Å². The SMILES string of the molecule is CC1CCN(c2nc3c(c(Oc4ccccc4F)n2)CN(Cc2ccco2)CC3)CC1. The minimum atomic E-state index is -0.397. The molecule has 1 fully saturated rings. The molecule has 31 heavy (non-hydrogen) atoms. The number of hydrogen-bond donors (Lipinski definition) is 0. The summed E-state index contributed by atoms with van der Waals surface area (Å²) < 4.78 is 25.9. The van der Waals surface area contributed by atoms with Gasteiger partial charge < -0.3 is 14.1 Å². The average molecular weight is 423 g/mol. The standard InChI is InChI=1S/C24H27FN4O2/c1-17-8-12-29(13-9-17)24-26-21-10-11-28(15-18-5-4-14-30-18)16-19(21)23(27-24)31-22-7-3-2-6-20(22)25/h2-7,14,17H,8-13,15-16H2,1H3. The Morgan fingerprint density at radius 1 is 1.10 bits per heavy atom. The minimum Gasteiger partial charge on any atom is -0.468 e. The van der Waals surface area contributed by atoms with Crippen molar-refractivity contribution in [3.05, 3.63) is 65.5 Å². The molecule has 7 heteroatoms. The van der Waals surface area contributed by atoms with Gasteiger partial charge in [-0.2, -0.15) is 4.98 Å². The molecule has 0 atom stereocenters. The Balaban J connectivity index is 1.47. The summed E-state index contributed by atoms with van der Waals surface area (Å²) in [5.41, 5.74) is 1.92. The van der Waals surface area contributed by atoms with Crippen molar-refractivity contribution in [2.75, 3.05) is 24.5 Å². The molecule has 6 nitrogen and oxygen atoms in total. The zero-order valence-electron chi connectivity index (χ0n) is 17.8. The van der Waals surface area contributed by atoms with E-state index >= 15 is 0 Å². The molecule has 162 valence electrons. The number of halogens is 1. The Morgan fingerprint density at radius 2 is 1.94 bits per heavy atom. The van der Waals surface area contributed by atoms with Crippen LogP contribution in [0.1, 0.15) is 36.8 Å². The number of furan rings is 1. The van der Waals surface area contributed by atoms with E-state index in [9.17, 15) is 4.39 Å². The van der Waals surface area contributed by atoms with Crippen LogP contribution in [-0.2, 0) is 19.5 Å². The fourth-order valence-electron chi connectivity index (χ4n) is 4.25. The van der Waals surface area contributed by atoms with Gasteiger partial charge in [0, 0.05) is 32.6 Å². The molecule has 1 saturated heterocycles. The molecule has 2 aliphatic rings. The lowest BCUT2D eigenvalue weighted by Gasteiger charge is -2.33. The number of anilines is 1. The van der Waals surface area contributed by atoms with E-state index in [1.165, 1.54) is 6.07 Å². The Bertz CT molecular complexity index is 1030. The van der Waals surface area contributed by atoms with Gasteiger partial charge in [-0.05, 0) is 43.0 Å². The van der Waals surface area contributed by atoms with Gasteiger partial charge in [0.2, 0.25) is 11.8 Å². The van der Waals surface area contributed by atoms with Gasteiger partial charge in [0.25, 0.3) is 0 Å². The summed E-state index contributed by atoms with van der Waals surface area (Å²) >= 11 is 0. The highest BCUT2D eigenvalue weighted by Crippen LogP contribution is 2.33. The molecular formula is C24H27FN4O2. The van der Waals surface area contributed by atoms with Crippen molar-refractivity contribution >= 4 is 5.95 Å². The summed E-state index contributed by atoms with van der Waals surface area (Å²) in [6.45, 7) is 6.37. The third-order valence-electron chi connectivity index (χ3n) is 6.16. The zero-order valence-corrected chi connectivity index (χ0v) is 17.8. The summed E-state index contributed by atoms with van der Waals surface area (Å²) in [6, 6.07) is 10.3. The smallest absolute Gasteiger partial charge is 0.229 e. The van der Waals surface area contributed by atoms with Crippen molar-refractivity contribution in [2.45, 2.75) is 39.3 Å². The number of benzene rings is 1. The van der Waals surface area contributed by atoms with E-state index in [1.807, 2.05) is 12.1 Å². The largest absolute Gasteiger partial charge is 0.468 e. The number of ether oxygens (including phenoxy) is 1. The maximum atomic E-state index is 14.3. The maximum absolute atomic E-state index is 14.3. The normalized spacial score (nSPS) is 17.5. The van der Waals surface area contributed by atoms with E-state index < -0.39 is 5.82 Å². The predicted octanol–water partition coefficient (Wildman–Crippen LogP) is 4.80. The van der Waals surface area contributed by atoms with Crippen LogP contribution in [-0.4, -0.2) is 34.5 Å². The Morgan fingerprint density at radius 3 is 2.71 bits per heavy atom. The second-order valence-corrected chi connectivity index (χ2v) is 8.50. The van der Waals surface area contributed by atoms with E-state index in [2.05, 4.69) is 16.7 Å². The van der Waals surface area contributed by atoms with Crippen LogP contribution in [0.5, 0.6) is 11.6 Å². The lowest BCUT2D eigenvalue weighted by molar-refractivity contribution is 0.219. The minimum absolute atomic E-state index is 0.185. The van der Waals surface area contributed by atoms with Crippen molar-refractivity contribution in [1.29, 1.82) is 0 Å². The van der Waals surface area contributed by atoms with Crippen molar-refractivity contribution < 1.29 is 13.5 Å². The third kappa shape index (κ3) is 4.42. The second-order valence-electron chi connectivity index (χ2n) is 8.50. The van der Waals surface area contributed by atoms with E-state index in [0.29, 0.717) is 24.9 Å². The summed E-state index contributed by atoms with van der Waals surface area (Å²) in [5.74, 6) is 2.57. The molecule has 2 aliphatic heterocycles. The lowest BCUT2D eigenvalue weighted by Crippen LogP contribution is -2.36. The molecule has 0 radical (unpaired) electrons. The molecule has 0 amide bonds. The summed E-state index contributed by atoms with van der Waals surface area (Å²) in [4.78, 5) is 14.2. The average Bonchev–Trinajstić information content (AvgIpc) is 3.29. The van der Waals surface area contributed by atoms with E-state index in [-0.39, 0.29) is 5.75 Å². The highest BCUT2D eigenvalue weighted by molar-refractivity contribution is 5.44. The Hall–Kier alpha value is -2.93. The van der Waals surface area contributed by atoms with E-state index in [4.69, 9.17) is 19.1 Å². The molecule has 0 saturated carbocycles. The van der Waals surface area contributed by atoms with Crippen molar-refractivity contribution in [3.8, 4) is 11.6 Å². The van der Waals surface area contributed by atoms with Crippen LogP contribution < -0.4 is 9.64 Å². The topological polar surface area (TPSA) is 54.6 Å². The number of fused-ring (bicyclic) bond motifs is 1. The first-order chi connectivity index (χ1) is 15.2. The number of nitrogens with zero attached hydrogens (tertiary/aromatic N) is 4. The van der Waals surface area contributed by atoms with Crippen molar-refractivity contribution in [1.82, 2.24) is 14.9 Å². The first kappa shape index (κ1) is 20.0. The molecule has 0 N–H and O–H groups in total. The van der Waals surface area contributed by atoms with Gasteiger partial charge in [-0.25, -0.2) is 9.37 Å². The van der Waals surface area contributed by atoms with Crippen LogP contribution in [0.2, 0.25) is 0 Å². The number of piperidine rings is 1. The van der Waals surface area contributed by atoms with Gasteiger partial charge >= 0.3 is 0 Å². The number of hydrogen-bond acceptors (Lipinski definition) is 6. The van der Waals surface area contributed by atoms with Crippen LogP contribution in [0.25, 0.3) is 0 Å². The van der Waals surface area contributed by atoms with Crippen molar-refractivity contribution in [3.63, 3.8) is 0 Å². The van der Waals surface area contributed by atoms with Crippen LogP contribution in [0.4, 0.5) is 10.3 Å². The van der Waals surface area contributed by atoms with Gasteiger partial charge in [-0.3, -0.25) is 4.90 Å². The molecule has 3 aromatic rings. The second kappa shape index (κ2) is 8.67. The highest BCUT2D eigenvalue weighted by atomic mass is 19.1. The fraction of sp³-hybridized carbons (Fsp3) is 0.417. The lowest BCUT2D eigenvalue weighted by atomic mass is 9.99. The monoisotopic (exact) mass is 422 g/mol. The van der Waals surface area contributed by atoms with Gasteiger partial charge in [-0.1, -0.05) is 19.1 Å². The number of para-hydroxylation sites is 1. The summed E-state index contributed by atoms with van der Waals surface area (Å²) in [7, 11) is 0. The quantitative estimate of drug-likeness (QED) is 0.589. The predicted molar refractivity (Wildman–Crippen MR) is 116 cm³/mol. The summed E-state index contributed by atoms with van der Waals surface area (Å²) in [6.07, 6.45) is 4.74. The molecular weight excluding hydrogens is 395 g/mol. The van der Waals surface area contributed by atoms with Crippen LogP contribution >= 0.6 is 0 Å².